The van der Waals surface area contributed by atoms with Gasteiger partial charge in [0.05, 0.1) is 0 Å². The second-order valence-electron chi connectivity index (χ2n) is 7.83. The average molecular weight is 352 g/mol. The van der Waals surface area contributed by atoms with Crippen LogP contribution in [0.2, 0.25) is 0 Å². The van der Waals surface area contributed by atoms with Crippen molar-refractivity contribution < 1.29 is 5.11 Å². The highest BCUT2D eigenvalue weighted by atomic mass is 16.3. The molecule has 2 aromatic rings. The number of nitrogens with zero attached hydrogens (tertiary/aromatic N) is 3. The Bertz CT molecular complexity index is 805. The highest BCUT2D eigenvalue weighted by Gasteiger charge is 2.24. The van der Waals surface area contributed by atoms with E-state index in [1.54, 1.807) is 6.07 Å². The zero-order valence-electron chi connectivity index (χ0n) is 15.8. The molecule has 0 spiro atoms. The van der Waals surface area contributed by atoms with Crippen molar-refractivity contribution >= 4 is 5.82 Å². The van der Waals surface area contributed by atoms with Crippen molar-refractivity contribution in [1.82, 2.24) is 15.1 Å². The average Bonchev–Trinajstić information content (AvgIpc) is 2.63. The third-order valence-electron chi connectivity index (χ3n) is 5.66. The Hall–Kier alpha value is -2.14. The quantitative estimate of drug-likeness (QED) is 0.885. The van der Waals surface area contributed by atoms with Crippen LogP contribution in [0.4, 0.5) is 5.82 Å². The molecule has 0 radical (unpaired) electrons. The number of aryl methyl sites for hydroxylation is 1. The van der Waals surface area contributed by atoms with Gasteiger partial charge in [0.25, 0.3) is 0 Å². The lowest BCUT2D eigenvalue weighted by Gasteiger charge is -2.31. The summed E-state index contributed by atoms with van der Waals surface area (Å²) in [5.41, 5.74) is 5.26. The summed E-state index contributed by atoms with van der Waals surface area (Å²) in [5.74, 6) is 1.25. The Kier molecular flexibility index (Phi) is 4.81. The molecule has 1 aliphatic carbocycles. The van der Waals surface area contributed by atoms with Gasteiger partial charge in [-0.2, -0.15) is 0 Å². The number of likely N-dealkylation sites (tertiary alicyclic amines) is 1. The Balaban J connectivity index is 1.70. The molecule has 2 N–H and O–H groups in total. The fourth-order valence-electron chi connectivity index (χ4n) is 4.30. The first kappa shape index (κ1) is 17.3. The lowest BCUT2D eigenvalue weighted by atomic mass is 9.88. The minimum atomic E-state index is 0.293. The maximum Gasteiger partial charge on any atom is 0.152 e. The Morgan fingerprint density at radius 3 is 2.69 bits per heavy atom. The van der Waals surface area contributed by atoms with Crippen LogP contribution >= 0.6 is 0 Å². The number of fused-ring (bicyclic) bond motifs is 1. The molecule has 0 unspecified atom stereocenters. The van der Waals surface area contributed by atoms with Gasteiger partial charge < -0.3 is 15.3 Å². The molecule has 5 heteroatoms. The van der Waals surface area contributed by atoms with Crippen molar-refractivity contribution in [3.8, 4) is 17.0 Å². The van der Waals surface area contributed by atoms with E-state index in [0.717, 1.165) is 42.0 Å². The van der Waals surface area contributed by atoms with Crippen LogP contribution in [0.3, 0.4) is 0 Å². The molecular weight excluding hydrogens is 324 g/mol. The summed E-state index contributed by atoms with van der Waals surface area (Å²) in [5, 5.41) is 23.2. The van der Waals surface area contributed by atoms with Crippen LogP contribution in [0, 0.1) is 6.92 Å². The number of phenolic OH excluding ortho intramolecular Hbond substituents is 1. The molecule has 1 atom stereocenters. The van der Waals surface area contributed by atoms with Gasteiger partial charge in [-0.1, -0.05) is 6.07 Å². The fraction of sp³-hybridized carbons (Fsp3) is 0.524. The van der Waals surface area contributed by atoms with Gasteiger partial charge in [-0.05, 0) is 82.3 Å². The summed E-state index contributed by atoms with van der Waals surface area (Å²) < 4.78 is 0. The predicted molar refractivity (Wildman–Crippen MR) is 105 cm³/mol. The summed E-state index contributed by atoms with van der Waals surface area (Å²) in [6.07, 6.45) is 6.81. The van der Waals surface area contributed by atoms with Crippen LogP contribution in [-0.4, -0.2) is 46.4 Å². The number of hydrogen-bond donors (Lipinski definition) is 2. The lowest BCUT2D eigenvalue weighted by molar-refractivity contribution is 0.260. The van der Waals surface area contributed by atoms with Crippen molar-refractivity contribution in [3.63, 3.8) is 0 Å². The van der Waals surface area contributed by atoms with E-state index in [1.807, 2.05) is 19.1 Å². The van der Waals surface area contributed by atoms with Crippen LogP contribution in [0.1, 0.15) is 42.4 Å². The summed E-state index contributed by atoms with van der Waals surface area (Å²) in [6.45, 7) is 4.21. The Morgan fingerprint density at radius 1 is 1.12 bits per heavy atom. The molecule has 1 saturated heterocycles. The molecule has 5 nitrogen and oxygen atoms in total. The molecule has 2 aliphatic rings. The number of piperidine rings is 1. The van der Waals surface area contributed by atoms with E-state index < -0.39 is 0 Å². The second-order valence-corrected chi connectivity index (χ2v) is 7.83. The van der Waals surface area contributed by atoms with E-state index in [1.165, 1.54) is 43.4 Å². The topological polar surface area (TPSA) is 61.3 Å². The maximum absolute atomic E-state index is 10.4. The standard InChI is InChI=1S/C21H28N4O/c1-14-9-10-18(19(26)12-14)20-16-7-3-4-8-17(16)21(24-23-20)22-15-6-5-11-25(2)13-15/h9-10,12,15,26H,3-8,11,13H2,1-2H3,(H,22,24)/t15-/m1/s1. The number of hydrogen-bond acceptors (Lipinski definition) is 5. The Morgan fingerprint density at radius 2 is 1.92 bits per heavy atom. The number of phenols is 1. The van der Waals surface area contributed by atoms with Gasteiger partial charge in [-0.25, -0.2) is 0 Å². The number of aromatic hydroxyl groups is 1. The van der Waals surface area contributed by atoms with Gasteiger partial charge >= 0.3 is 0 Å². The van der Waals surface area contributed by atoms with Crippen molar-refractivity contribution in [2.75, 3.05) is 25.5 Å². The molecule has 0 amide bonds. The molecular formula is C21H28N4O. The minimum Gasteiger partial charge on any atom is -0.507 e. The number of benzene rings is 1. The van der Waals surface area contributed by atoms with Crippen molar-refractivity contribution in [3.05, 3.63) is 34.9 Å². The molecule has 1 aliphatic heterocycles. The van der Waals surface area contributed by atoms with Gasteiger partial charge in [0.15, 0.2) is 5.82 Å². The molecule has 1 aromatic heterocycles. The summed E-state index contributed by atoms with van der Waals surface area (Å²) in [7, 11) is 2.18. The van der Waals surface area contributed by atoms with E-state index in [0.29, 0.717) is 11.8 Å². The molecule has 1 fully saturated rings. The van der Waals surface area contributed by atoms with Gasteiger partial charge in [0, 0.05) is 23.7 Å². The minimum absolute atomic E-state index is 0.293. The van der Waals surface area contributed by atoms with Crippen molar-refractivity contribution in [1.29, 1.82) is 0 Å². The number of rotatable bonds is 3. The van der Waals surface area contributed by atoms with Crippen LogP contribution in [0.15, 0.2) is 18.2 Å². The van der Waals surface area contributed by atoms with E-state index in [9.17, 15) is 5.11 Å². The van der Waals surface area contributed by atoms with Crippen LogP contribution in [0.5, 0.6) is 5.75 Å². The maximum atomic E-state index is 10.4. The fourth-order valence-corrected chi connectivity index (χ4v) is 4.30. The molecule has 0 saturated carbocycles. The second kappa shape index (κ2) is 7.23. The number of nitrogens with one attached hydrogen (secondary N) is 1. The third-order valence-corrected chi connectivity index (χ3v) is 5.66. The summed E-state index contributed by atoms with van der Waals surface area (Å²) in [4.78, 5) is 2.37. The smallest absolute Gasteiger partial charge is 0.152 e. The van der Waals surface area contributed by atoms with Crippen molar-refractivity contribution in [2.45, 2.75) is 51.5 Å². The predicted octanol–water partition coefficient (Wildman–Crippen LogP) is 3.54. The number of anilines is 1. The first-order valence-electron chi connectivity index (χ1n) is 9.75. The van der Waals surface area contributed by atoms with Gasteiger partial charge in [-0.15, -0.1) is 10.2 Å². The summed E-state index contributed by atoms with van der Waals surface area (Å²) >= 11 is 0. The highest BCUT2D eigenvalue weighted by Crippen LogP contribution is 2.37. The van der Waals surface area contributed by atoms with Crippen LogP contribution in [-0.2, 0) is 12.8 Å². The number of aromatic nitrogens is 2. The van der Waals surface area contributed by atoms with E-state index in [4.69, 9.17) is 0 Å². The van der Waals surface area contributed by atoms with E-state index in [-0.39, 0.29) is 0 Å². The summed E-state index contributed by atoms with van der Waals surface area (Å²) in [6, 6.07) is 6.23. The zero-order chi connectivity index (χ0) is 18.1. The molecule has 2 heterocycles. The van der Waals surface area contributed by atoms with E-state index in [2.05, 4.69) is 27.5 Å². The number of likely N-dealkylation sites (N-methyl/N-ethyl adjacent to an activating group) is 1. The first-order chi connectivity index (χ1) is 12.6. The van der Waals surface area contributed by atoms with Crippen LogP contribution < -0.4 is 5.32 Å². The molecule has 1 aromatic carbocycles. The molecule has 4 rings (SSSR count). The lowest BCUT2D eigenvalue weighted by Crippen LogP contribution is -2.40. The first-order valence-corrected chi connectivity index (χ1v) is 9.75. The highest BCUT2D eigenvalue weighted by molar-refractivity contribution is 5.73. The van der Waals surface area contributed by atoms with Gasteiger partial charge in [0.2, 0.25) is 0 Å². The molecule has 0 bridgehead atoms. The monoisotopic (exact) mass is 352 g/mol. The normalized spacial score (nSPS) is 20.6. The Labute approximate surface area is 155 Å². The molecule has 138 valence electrons. The van der Waals surface area contributed by atoms with Gasteiger partial charge in [0.1, 0.15) is 11.4 Å². The zero-order valence-corrected chi connectivity index (χ0v) is 15.8. The van der Waals surface area contributed by atoms with Gasteiger partial charge in [-0.3, -0.25) is 0 Å². The SMILES string of the molecule is Cc1ccc(-c2nnc(N[C@@H]3CCCN(C)C3)c3c2CCCC3)c(O)c1. The third kappa shape index (κ3) is 3.40. The van der Waals surface area contributed by atoms with Crippen LogP contribution in [0.25, 0.3) is 11.3 Å². The van der Waals surface area contributed by atoms with E-state index >= 15 is 0 Å². The largest absolute Gasteiger partial charge is 0.507 e. The molecule has 26 heavy (non-hydrogen) atoms. The van der Waals surface area contributed by atoms with Crippen molar-refractivity contribution in [2.24, 2.45) is 0 Å².